The summed E-state index contributed by atoms with van der Waals surface area (Å²) in [5, 5.41) is 13.9. The zero-order valence-electron chi connectivity index (χ0n) is 16.6. The van der Waals surface area contributed by atoms with Crippen molar-refractivity contribution in [2.45, 2.75) is 38.0 Å². The maximum atomic E-state index is 13.0. The first-order valence-electron chi connectivity index (χ1n) is 10.1. The molecule has 4 rings (SSSR count). The van der Waals surface area contributed by atoms with Crippen LogP contribution in [-0.4, -0.2) is 11.2 Å². The van der Waals surface area contributed by atoms with Crippen molar-refractivity contribution in [1.29, 1.82) is 5.26 Å². The normalized spacial score (nSPS) is 14.5. The maximum absolute atomic E-state index is 13.0. The summed E-state index contributed by atoms with van der Waals surface area (Å²) in [5.74, 6) is 1.76. The van der Waals surface area contributed by atoms with Gasteiger partial charge in [0.25, 0.3) is 5.88 Å². The Morgan fingerprint density at radius 1 is 1.16 bits per heavy atom. The lowest BCUT2D eigenvalue weighted by Gasteiger charge is -2.17. The van der Waals surface area contributed by atoms with Crippen LogP contribution < -0.4 is 10.2 Å². The molecule has 0 radical (unpaired) electrons. The number of aromatic nitrogens is 1. The number of hydrogen-bond donors (Lipinski definition) is 1. The van der Waals surface area contributed by atoms with Crippen molar-refractivity contribution in [1.82, 2.24) is 4.98 Å². The van der Waals surface area contributed by atoms with Gasteiger partial charge < -0.3 is 9.15 Å². The number of nitriles is 1. The van der Waals surface area contributed by atoms with Gasteiger partial charge in [0.05, 0.1) is 11.2 Å². The Kier molecular flexibility index (Phi) is 6.48. The van der Waals surface area contributed by atoms with Crippen LogP contribution in [0.2, 0.25) is 5.02 Å². The highest BCUT2D eigenvalue weighted by atomic mass is 35.5. The minimum absolute atomic E-state index is 0.187. The number of anilines is 1. The quantitative estimate of drug-likeness (QED) is 0.345. The van der Waals surface area contributed by atoms with E-state index in [0.717, 1.165) is 25.7 Å². The molecule has 1 heterocycles. The fourth-order valence-electron chi connectivity index (χ4n) is 3.49. The molecule has 0 spiro atoms. The minimum atomic E-state index is -0.332. The molecule has 1 saturated carbocycles. The lowest BCUT2D eigenvalue weighted by atomic mass is 9.89. The molecule has 1 aromatic heterocycles. The molecule has 0 saturated heterocycles. The van der Waals surface area contributed by atoms with E-state index in [9.17, 15) is 9.65 Å². The number of oxazole rings is 1. The molecule has 6 nitrogen and oxygen atoms in total. The van der Waals surface area contributed by atoms with Crippen LogP contribution in [0.15, 0.2) is 52.0 Å². The number of benzene rings is 2. The summed E-state index contributed by atoms with van der Waals surface area (Å²) in [5.41, 5.74) is 3.58. The molecule has 158 valence electrons. The predicted octanol–water partition coefficient (Wildman–Crippen LogP) is 6.62. The van der Waals surface area contributed by atoms with Crippen molar-refractivity contribution in [2.24, 2.45) is 5.10 Å². The van der Waals surface area contributed by atoms with Gasteiger partial charge in [-0.2, -0.15) is 10.4 Å². The molecule has 8 heteroatoms. The average molecular weight is 439 g/mol. The van der Waals surface area contributed by atoms with E-state index in [1.807, 2.05) is 6.07 Å². The molecule has 1 aliphatic carbocycles. The number of nitrogens with zero attached hydrogens (tertiary/aromatic N) is 3. The van der Waals surface area contributed by atoms with Crippen molar-refractivity contribution in [3.05, 3.63) is 70.5 Å². The van der Waals surface area contributed by atoms with E-state index in [4.69, 9.17) is 20.8 Å². The minimum Gasteiger partial charge on any atom is -0.457 e. The topological polar surface area (TPSA) is 83.4 Å². The average Bonchev–Trinajstić information content (AvgIpc) is 3.21. The third kappa shape index (κ3) is 5.22. The van der Waals surface area contributed by atoms with Gasteiger partial charge in [0.15, 0.2) is 0 Å². The van der Waals surface area contributed by atoms with Crippen LogP contribution in [-0.2, 0) is 0 Å². The molecule has 1 aliphatic rings. The summed E-state index contributed by atoms with van der Waals surface area (Å²) in [6, 6.07) is 12.9. The standard InChI is InChI=1S/C23H20ClFN4O2/c24-20-12-19(30-18-10-7-17(25)8-11-18)9-6-16(20)14-27-29-23-21(13-26)28-22(31-23)15-4-2-1-3-5-15/h6-12,14-15,29H,1-5H2/b27-14+. The van der Waals surface area contributed by atoms with Crippen LogP contribution in [0.25, 0.3) is 0 Å². The van der Waals surface area contributed by atoms with Gasteiger partial charge in [-0.05, 0) is 49.2 Å². The first-order valence-corrected chi connectivity index (χ1v) is 10.4. The Labute approximate surface area is 184 Å². The molecule has 0 atom stereocenters. The number of hydrogen-bond acceptors (Lipinski definition) is 6. The van der Waals surface area contributed by atoms with Gasteiger partial charge in [-0.1, -0.05) is 30.9 Å². The summed E-state index contributed by atoms with van der Waals surface area (Å²) >= 11 is 6.32. The first kappa shape index (κ1) is 20.9. The lowest BCUT2D eigenvalue weighted by Crippen LogP contribution is -2.04. The van der Waals surface area contributed by atoms with E-state index < -0.39 is 0 Å². The fourth-order valence-corrected chi connectivity index (χ4v) is 3.71. The highest BCUT2D eigenvalue weighted by Crippen LogP contribution is 2.34. The molecule has 0 aliphatic heterocycles. The Morgan fingerprint density at radius 3 is 2.61 bits per heavy atom. The molecular weight excluding hydrogens is 419 g/mol. The molecule has 31 heavy (non-hydrogen) atoms. The summed E-state index contributed by atoms with van der Waals surface area (Å²) in [4.78, 5) is 4.32. The summed E-state index contributed by atoms with van der Waals surface area (Å²) < 4.78 is 24.4. The largest absolute Gasteiger partial charge is 0.457 e. The van der Waals surface area contributed by atoms with E-state index in [-0.39, 0.29) is 23.3 Å². The van der Waals surface area contributed by atoms with Crippen molar-refractivity contribution in [2.75, 3.05) is 5.43 Å². The van der Waals surface area contributed by atoms with Gasteiger partial charge in [0.2, 0.25) is 11.6 Å². The third-order valence-electron chi connectivity index (χ3n) is 5.10. The van der Waals surface area contributed by atoms with E-state index >= 15 is 0 Å². The van der Waals surface area contributed by atoms with Crippen molar-refractivity contribution < 1.29 is 13.5 Å². The summed E-state index contributed by atoms with van der Waals surface area (Å²) in [6.07, 6.45) is 7.09. The van der Waals surface area contributed by atoms with Crippen LogP contribution in [0.1, 0.15) is 55.2 Å². The second-order valence-corrected chi connectivity index (χ2v) is 7.69. The van der Waals surface area contributed by atoms with Gasteiger partial charge in [0, 0.05) is 17.5 Å². The lowest BCUT2D eigenvalue weighted by molar-refractivity contribution is 0.367. The van der Waals surface area contributed by atoms with Gasteiger partial charge in [-0.25, -0.2) is 14.8 Å². The van der Waals surface area contributed by atoms with Crippen LogP contribution in [0.3, 0.4) is 0 Å². The highest BCUT2D eigenvalue weighted by Gasteiger charge is 2.23. The molecule has 0 amide bonds. The van der Waals surface area contributed by atoms with Crippen molar-refractivity contribution in [3.8, 4) is 17.6 Å². The van der Waals surface area contributed by atoms with E-state index in [0.29, 0.717) is 28.0 Å². The molecule has 1 fully saturated rings. The van der Waals surface area contributed by atoms with E-state index in [2.05, 4.69) is 15.5 Å². The second kappa shape index (κ2) is 9.63. The van der Waals surface area contributed by atoms with Crippen molar-refractivity contribution >= 4 is 23.7 Å². The van der Waals surface area contributed by atoms with Crippen LogP contribution in [0.5, 0.6) is 11.5 Å². The van der Waals surface area contributed by atoms with Crippen LogP contribution in [0, 0.1) is 17.1 Å². The van der Waals surface area contributed by atoms with Crippen molar-refractivity contribution in [3.63, 3.8) is 0 Å². The Morgan fingerprint density at radius 2 is 1.90 bits per heavy atom. The molecule has 2 aromatic carbocycles. The molecule has 3 aromatic rings. The zero-order chi connectivity index (χ0) is 21.6. The first-order chi connectivity index (χ1) is 15.1. The SMILES string of the molecule is N#Cc1nc(C2CCCCC2)oc1N/N=C/c1ccc(Oc2ccc(F)cc2)cc1Cl. The number of nitrogens with one attached hydrogen (secondary N) is 1. The van der Waals surface area contributed by atoms with Crippen LogP contribution >= 0.6 is 11.6 Å². The summed E-state index contributed by atoms with van der Waals surface area (Å²) in [7, 11) is 0. The number of ether oxygens (including phenoxy) is 1. The van der Waals surface area contributed by atoms with Gasteiger partial charge in [-0.3, -0.25) is 0 Å². The molecular formula is C23H20ClFN4O2. The number of rotatable bonds is 6. The third-order valence-corrected chi connectivity index (χ3v) is 5.42. The second-order valence-electron chi connectivity index (χ2n) is 7.29. The molecule has 1 N–H and O–H groups in total. The Balaban J connectivity index is 1.42. The fraction of sp³-hybridized carbons (Fsp3) is 0.261. The molecule has 0 unspecified atom stereocenters. The Bertz CT molecular complexity index is 1120. The summed E-state index contributed by atoms with van der Waals surface area (Å²) in [6.45, 7) is 0. The van der Waals surface area contributed by atoms with Gasteiger partial charge in [0.1, 0.15) is 23.4 Å². The number of hydrazone groups is 1. The van der Waals surface area contributed by atoms with E-state index in [1.54, 1.807) is 18.2 Å². The Hall–Kier alpha value is -3.37. The van der Waals surface area contributed by atoms with Crippen LogP contribution in [0.4, 0.5) is 10.3 Å². The number of halogens is 2. The van der Waals surface area contributed by atoms with E-state index in [1.165, 1.54) is 36.9 Å². The molecule has 0 bridgehead atoms. The zero-order valence-corrected chi connectivity index (χ0v) is 17.4. The predicted molar refractivity (Wildman–Crippen MR) is 116 cm³/mol. The monoisotopic (exact) mass is 438 g/mol. The van der Waals surface area contributed by atoms with Gasteiger partial charge >= 0.3 is 0 Å². The van der Waals surface area contributed by atoms with Gasteiger partial charge in [-0.15, -0.1) is 0 Å². The smallest absolute Gasteiger partial charge is 0.252 e. The maximum Gasteiger partial charge on any atom is 0.252 e. The highest BCUT2D eigenvalue weighted by molar-refractivity contribution is 6.33.